The predicted octanol–water partition coefficient (Wildman–Crippen LogP) is 3.22. The molecule has 0 spiro atoms. The van der Waals surface area contributed by atoms with E-state index in [9.17, 15) is 4.79 Å². The van der Waals surface area contributed by atoms with Gasteiger partial charge in [0.15, 0.2) is 0 Å². The monoisotopic (exact) mass is 288 g/mol. The molecule has 0 bridgehead atoms. The fourth-order valence-corrected chi connectivity index (χ4v) is 3.39. The molecular formula is C14H12N2OS2. The van der Waals surface area contributed by atoms with Crippen LogP contribution in [0.5, 0.6) is 0 Å². The number of fused-ring (bicyclic) bond motifs is 1. The molecule has 1 N–H and O–H groups in total. The van der Waals surface area contributed by atoms with Gasteiger partial charge in [-0.2, -0.15) is 11.3 Å². The zero-order valence-electron chi connectivity index (χ0n) is 10.1. The van der Waals surface area contributed by atoms with E-state index in [1.165, 1.54) is 0 Å². The second-order valence-corrected chi connectivity index (χ2v) is 6.06. The Morgan fingerprint density at radius 3 is 2.95 bits per heavy atom. The van der Waals surface area contributed by atoms with Gasteiger partial charge in [-0.05, 0) is 34.5 Å². The fourth-order valence-electron chi connectivity index (χ4n) is 1.81. The van der Waals surface area contributed by atoms with Crippen molar-refractivity contribution in [3.63, 3.8) is 0 Å². The van der Waals surface area contributed by atoms with Crippen LogP contribution in [-0.4, -0.2) is 10.9 Å². The first-order valence-corrected chi connectivity index (χ1v) is 7.69. The highest BCUT2D eigenvalue weighted by Crippen LogP contribution is 2.21. The van der Waals surface area contributed by atoms with Crippen LogP contribution in [0.15, 0.2) is 41.1 Å². The van der Waals surface area contributed by atoms with Crippen molar-refractivity contribution >= 4 is 38.8 Å². The summed E-state index contributed by atoms with van der Waals surface area (Å²) in [6, 6.07) is 9.98. The lowest BCUT2D eigenvalue weighted by atomic mass is 10.2. The standard InChI is InChI=1S/C14H12N2OS2/c17-13(7-10-5-6-18-9-10)15-8-14-16-11-3-1-2-4-12(11)19-14/h1-6,9H,7-8H2,(H,15,17). The van der Waals surface area contributed by atoms with Gasteiger partial charge in [0, 0.05) is 0 Å². The minimum absolute atomic E-state index is 0.0395. The van der Waals surface area contributed by atoms with E-state index in [-0.39, 0.29) is 5.91 Å². The molecule has 3 nitrogen and oxygen atoms in total. The lowest BCUT2D eigenvalue weighted by molar-refractivity contribution is -0.120. The number of nitrogens with one attached hydrogen (secondary N) is 1. The number of hydrogen-bond acceptors (Lipinski definition) is 4. The van der Waals surface area contributed by atoms with Gasteiger partial charge in [0.05, 0.1) is 23.2 Å². The number of aromatic nitrogens is 1. The van der Waals surface area contributed by atoms with Gasteiger partial charge in [-0.1, -0.05) is 12.1 Å². The highest BCUT2D eigenvalue weighted by Gasteiger charge is 2.06. The Labute approximate surface area is 118 Å². The molecule has 1 amide bonds. The zero-order chi connectivity index (χ0) is 13.1. The van der Waals surface area contributed by atoms with Crippen molar-refractivity contribution in [2.45, 2.75) is 13.0 Å². The number of thiazole rings is 1. The van der Waals surface area contributed by atoms with Crippen LogP contribution in [0.1, 0.15) is 10.6 Å². The van der Waals surface area contributed by atoms with Crippen molar-refractivity contribution in [3.05, 3.63) is 51.7 Å². The van der Waals surface area contributed by atoms with Crippen LogP contribution in [0.4, 0.5) is 0 Å². The van der Waals surface area contributed by atoms with Crippen LogP contribution in [-0.2, 0) is 17.8 Å². The summed E-state index contributed by atoms with van der Waals surface area (Å²) in [5.41, 5.74) is 2.06. The summed E-state index contributed by atoms with van der Waals surface area (Å²) >= 11 is 3.23. The summed E-state index contributed by atoms with van der Waals surface area (Å²) in [4.78, 5) is 16.3. The van der Waals surface area contributed by atoms with E-state index in [1.54, 1.807) is 22.7 Å². The van der Waals surface area contributed by atoms with Crippen LogP contribution in [0.3, 0.4) is 0 Å². The largest absolute Gasteiger partial charge is 0.349 e. The summed E-state index contributed by atoms with van der Waals surface area (Å²) < 4.78 is 1.16. The Balaban J connectivity index is 1.61. The highest BCUT2D eigenvalue weighted by atomic mass is 32.1. The molecule has 0 unspecified atom stereocenters. The van der Waals surface area contributed by atoms with Crippen molar-refractivity contribution in [2.75, 3.05) is 0 Å². The normalized spacial score (nSPS) is 10.7. The third kappa shape index (κ3) is 3.00. The molecule has 0 radical (unpaired) electrons. The van der Waals surface area contributed by atoms with Crippen molar-refractivity contribution < 1.29 is 4.79 Å². The zero-order valence-corrected chi connectivity index (χ0v) is 11.8. The molecule has 0 saturated heterocycles. The van der Waals surface area contributed by atoms with E-state index in [1.807, 2.05) is 41.1 Å². The summed E-state index contributed by atoms with van der Waals surface area (Å²) in [5, 5.41) is 7.84. The van der Waals surface area contributed by atoms with Crippen molar-refractivity contribution in [2.24, 2.45) is 0 Å². The number of hydrogen-bond donors (Lipinski definition) is 1. The molecule has 0 fully saturated rings. The maximum absolute atomic E-state index is 11.8. The number of nitrogens with zero attached hydrogens (tertiary/aromatic N) is 1. The molecule has 2 aromatic heterocycles. The molecule has 0 atom stereocenters. The third-order valence-corrected chi connectivity index (χ3v) is 4.49. The second kappa shape index (κ2) is 5.50. The van der Waals surface area contributed by atoms with Crippen LogP contribution in [0.25, 0.3) is 10.2 Å². The Morgan fingerprint density at radius 1 is 1.26 bits per heavy atom. The van der Waals surface area contributed by atoms with E-state index in [0.717, 1.165) is 20.8 Å². The SMILES string of the molecule is O=C(Cc1ccsc1)NCc1nc2ccccc2s1. The first kappa shape index (κ1) is 12.3. The summed E-state index contributed by atoms with van der Waals surface area (Å²) in [6.07, 6.45) is 0.439. The van der Waals surface area contributed by atoms with Crippen LogP contribution in [0.2, 0.25) is 0 Å². The van der Waals surface area contributed by atoms with E-state index in [0.29, 0.717) is 13.0 Å². The van der Waals surface area contributed by atoms with E-state index in [2.05, 4.69) is 10.3 Å². The molecule has 0 aliphatic heterocycles. The van der Waals surface area contributed by atoms with Crippen LogP contribution < -0.4 is 5.32 Å². The average molecular weight is 288 g/mol. The Morgan fingerprint density at radius 2 is 2.16 bits per heavy atom. The van der Waals surface area contributed by atoms with Crippen LogP contribution in [0, 0.1) is 0 Å². The predicted molar refractivity (Wildman–Crippen MR) is 79.5 cm³/mol. The Bertz CT molecular complexity index is 655. The molecule has 19 heavy (non-hydrogen) atoms. The van der Waals surface area contributed by atoms with E-state index >= 15 is 0 Å². The van der Waals surface area contributed by atoms with Gasteiger partial charge in [-0.25, -0.2) is 4.98 Å². The Hall–Kier alpha value is -1.72. The van der Waals surface area contributed by atoms with E-state index < -0.39 is 0 Å². The molecule has 0 aliphatic rings. The summed E-state index contributed by atoms with van der Waals surface area (Å²) in [5.74, 6) is 0.0395. The highest BCUT2D eigenvalue weighted by molar-refractivity contribution is 7.18. The number of thiophene rings is 1. The van der Waals surface area contributed by atoms with E-state index in [4.69, 9.17) is 0 Å². The van der Waals surface area contributed by atoms with Crippen molar-refractivity contribution in [3.8, 4) is 0 Å². The third-order valence-electron chi connectivity index (χ3n) is 2.72. The maximum atomic E-state index is 11.8. The minimum Gasteiger partial charge on any atom is -0.349 e. The van der Waals surface area contributed by atoms with Gasteiger partial charge in [0.25, 0.3) is 0 Å². The van der Waals surface area contributed by atoms with Gasteiger partial charge in [0.1, 0.15) is 5.01 Å². The maximum Gasteiger partial charge on any atom is 0.224 e. The first-order chi connectivity index (χ1) is 9.31. The average Bonchev–Trinajstić information content (AvgIpc) is 3.04. The van der Waals surface area contributed by atoms with Gasteiger partial charge < -0.3 is 5.32 Å². The number of rotatable bonds is 4. The Kier molecular flexibility index (Phi) is 3.57. The number of benzene rings is 1. The second-order valence-electron chi connectivity index (χ2n) is 4.16. The topological polar surface area (TPSA) is 42.0 Å². The molecular weight excluding hydrogens is 276 g/mol. The molecule has 0 saturated carbocycles. The molecule has 3 aromatic rings. The molecule has 1 aromatic carbocycles. The number of carbonyl (C=O) groups excluding carboxylic acids is 1. The number of para-hydroxylation sites is 1. The summed E-state index contributed by atoms with van der Waals surface area (Å²) in [7, 11) is 0. The number of amides is 1. The molecule has 5 heteroatoms. The molecule has 2 heterocycles. The quantitative estimate of drug-likeness (QED) is 0.801. The summed E-state index contributed by atoms with van der Waals surface area (Å²) in [6.45, 7) is 0.502. The first-order valence-electron chi connectivity index (χ1n) is 5.93. The fraction of sp³-hybridized carbons (Fsp3) is 0.143. The van der Waals surface area contributed by atoms with Gasteiger partial charge in [-0.15, -0.1) is 11.3 Å². The van der Waals surface area contributed by atoms with Gasteiger partial charge in [-0.3, -0.25) is 4.79 Å². The van der Waals surface area contributed by atoms with Crippen molar-refractivity contribution in [1.29, 1.82) is 0 Å². The molecule has 3 rings (SSSR count). The lowest BCUT2D eigenvalue weighted by Crippen LogP contribution is -2.24. The molecule has 0 aliphatic carbocycles. The smallest absolute Gasteiger partial charge is 0.224 e. The van der Waals surface area contributed by atoms with Gasteiger partial charge in [0.2, 0.25) is 5.91 Å². The van der Waals surface area contributed by atoms with Gasteiger partial charge >= 0.3 is 0 Å². The van der Waals surface area contributed by atoms with Crippen molar-refractivity contribution in [1.82, 2.24) is 10.3 Å². The van der Waals surface area contributed by atoms with Crippen LogP contribution >= 0.6 is 22.7 Å². The number of carbonyl (C=O) groups is 1. The minimum atomic E-state index is 0.0395. The lowest BCUT2D eigenvalue weighted by Gasteiger charge is -2.01. The molecule has 96 valence electrons.